The normalized spacial score (nSPS) is 11.1. The van der Waals surface area contributed by atoms with Gasteiger partial charge in [0.05, 0.1) is 0 Å². The molecule has 0 aromatic heterocycles. The number of hydrogen-bond acceptors (Lipinski definition) is 1. The lowest BCUT2D eigenvalue weighted by molar-refractivity contribution is 0.382. The maximum absolute atomic E-state index is 15.3. The predicted molar refractivity (Wildman–Crippen MR) is 138 cm³/mol. The fourth-order valence-electron chi connectivity index (χ4n) is 4.72. The molecule has 5 aromatic carbocycles. The molecule has 42 heavy (non-hydrogen) atoms. The quantitative estimate of drug-likeness (QED) is 0.0888. The number of halogens is 10. The highest BCUT2D eigenvalue weighted by atomic mass is 19.2. The molecule has 5 rings (SSSR count). The van der Waals surface area contributed by atoms with Crippen molar-refractivity contribution >= 4 is 40.2 Å². The lowest BCUT2D eigenvalue weighted by Gasteiger charge is -2.30. The van der Waals surface area contributed by atoms with Crippen molar-refractivity contribution in [2.45, 2.75) is 0 Å². The fourth-order valence-corrected chi connectivity index (χ4v) is 4.72. The zero-order chi connectivity index (χ0) is 30.3. The molecule has 0 aliphatic carbocycles. The summed E-state index contributed by atoms with van der Waals surface area (Å²) in [6.07, 6.45) is 0. The summed E-state index contributed by atoms with van der Waals surface area (Å²) in [5, 5.41) is 0. The minimum atomic E-state index is -2.72. The minimum absolute atomic E-state index is 0.132. The molecule has 0 radical (unpaired) electrons. The van der Waals surface area contributed by atoms with Crippen molar-refractivity contribution in [2.24, 2.45) is 0 Å². The van der Waals surface area contributed by atoms with Crippen LogP contribution in [0, 0.1) is 58.2 Å². The summed E-state index contributed by atoms with van der Waals surface area (Å²) in [6.45, 7) is -2.72. The van der Waals surface area contributed by atoms with Crippen LogP contribution in [0.2, 0.25) is 0 Å². The second-order valence-corrected chi connectivity index (χ2v) is 8.97. The van der Waals surface area contributed by atoms with Gasteiger partial charge in [-0.3, -0.25) is 0 Å². The van der Waals surface area contributed by atoms with Crippen molar-refractivity contribution in [3.8, 4) is 0 Å². The Hall–Kier alpha value is -4.74. The van der Waals surface area contributed by atoms with Crippen LogP contribution < -0.4 is 21.3 Å². The first-order valence-electron chi connectivity index (χ1n) is 12.1. The highest BCUT2D eigenvalue weighted by Crippen LogP contribution is 2.34. The van der Waals surface area contributed by atoms with E-state index in [0.29, 0.717) is 11.4 Å². The number of hydrogen-bond donors (Lipinski definition) is 0. The molecule has 1 nitrogen and oxygen atoms in total. The van der Waals surface area contributed by atoms with Gasteiger partial charge in [-0.1, -0.05) is 54.6 Å². The lowest BCUT2D eigenvalue weighted by Crippen LogP contribution is -2.59. The van der Waals surface area contributed by atoms with Crippen molar-refractivity contribution < 1.29 is 43.9 Å². The first-order chi connectivity index (χ1) is 20.1. The van der Waals surface area contributed by atoms with Gasteiger partial charge in [0.1, 0.15) is 0 Å². The second kappa shape index (κ2) is 11.3. The number of nitrogens with zero attached hydrogens (tertiary/aromatic N) is 1. The van der Waals surface area contributed by atoms with Gasteiger partial charge < -0.3 is 4.90 Å². The van der Waals surface area contributed by atoms with E-state index in [1.807, 2.05) is 0 Å². The summed E-state index contributed by atoms with van der Waals surface area (Å²) in [4.78, 5) is 1.42. The first-order valence-corrected chi connectivity index (χ1v) is 12.1. The molecule has 5 aromatic rings. The summed E-state index contributed by atoms with van der Waals surface area (Å²) in [5.74, 6) is -25.1. The standard InChI is InChI=1S/C30H14BF10N/c32-21-19(22(33)26(37)29(40)25(21)36)31(20-23(34)27(38)30(41)28(39)24(20)35)17-13-7-8-14-18(17)42(15-9-3-1-4-10-15)16-11-5-2-6-12-16/h1-14H. The summed E-state index contributed by atoms with van der Waals surface area (Å²) in [7, 11) is 0. The Morgan fingerprint density at radius 3 is 1.05 bits per heavy atom. The zero-order valence-corrected chi connectivity index (χ0v) is 20.9. The molecule has 0 heterocycles. The molecule has 0 aliphatic heterocycles. The molecule has 0 bridgehead atoms. The van der Waals surface area contributed by atoms with Crippen LogP contribution in [0.3, 0.4) is 0 Å². The number of rotatable bonds is 6. The van der Waals surface area contributed by atoms with Crippen molar-refractivity contribution in [2.75, 3.05) is 4.90 Å². The molecule has 0 fully saturated rings. The van der Waals surface area contributed by atoms with Crippen LogP contribution in [-0.4, -0.2) is 6.71 Å². The summed E-state index contributed by atoms with van der Waals surface area (Å²) >= 11 is 0. The molecule has 212 valence electrons. The highest BCUT2D eigenvalue weighted by Gasteiger charge is 2.42. The molecular formula is C30H14BF10N. The fraction of sp³-hybridized carbons (Fsp3) is 0. The summed E-state index contributed by atoms with van der Waals surface area (Å²) in [6, 6.07) is 21.0. The molecule has 0 unspecified atom stereocenters. The average molecular weight is 589 g/mol. The van der Waals surface area contributed by atoms with E-state index in [-0.39, 0.29) is 5.69 Å². The monoisotopic (exact) mass is 589 g/mol. The molecule has 0 atom stereocenters. The van der Waals surface area contributed by atoms with Gasteiger partial charge in [0.15, 0.2) is 58.2 Å². The smallest absolute Gasteiger partial charge is 0.259 e. The SMILES string of the molecule is Fc1c(F)c(F)c(B(c2ccccc2N(c2ccccc2)c2ccccc2)c2c(F)c(F)c(F)c(F)c2F)c(F)c1F. The first kappa shape index (κ1) is 28.8. The lowest BCUT2D eigenvalue weighted by atomic mass is 9.35. The molecular weight excluding hydrogens is 575 g/mol. The Balaban J connectivity index is 1.94. The van der Waals surface area contributed by atoms with E-state index in [9.17, 15) is 26.3 Å². The van der Waals surface area contributed by atoms with Crippen molar-refractivity contribution in [1.29, 1.82) is 0 Å². The molecule has 0 amide bonds. The van der Waals surface area contributed by atoms with Gasteiger partial charge >= 0.3 is 0 Å². The maximum atomic E-state index is 15.3. The van der Waals surface area contributed by atoms with E-state index < -0.39 is 81.3 Å². The van der Waals surface area contributed by atoms with Crippen LogP contribution in [0.5, 0.6) is 0 Å². The van der Waals surface area contributed by atoms with Crippen molar-refractivity contribution in [1.82, 2.24) is 0 Å². The van der Waals surface area contributed by atoms with Crippen LogP contribution in [0.25, 0.3) is 0 Å². The van der Waals surface area contributed by atoms with Crippen LogP contribution in [-0.2, 0) is 0 Å². The molecule has 0 saturated heterocycles. The third-order valence-corrected chi connectivity index (χ3v) is 6.58. The molecule has 0 N–H and O–H groups in total. The zero-order valence-electron chi connectivity index (χ0n) is 20.9. The Kier molecular flexibility index (Phi) is 7.72. The topological polar surface area (TPSA) is 3.24 Å². The van der Waals surface area contributed by atoms with E-state index in [4.69, 9.17) is 0 Å². The van der Waals surface area contributed by atoms with Crippen molar-refractivity contribution in [3.63, 3.8) is 0 Å². The van der Waals surface area contributed by atoms with Crippen molar-refractivity contribution in [3.05, 3.63) is 143 Å². The van der Waals surface area contributed by atoms with Gasteiger partial charge in [-0.2, -0.15) is 0 Å². The largest absolute Gasteiger partial charge is 0.311 e. The number of para-hydroxylation sites is 3. The Morgan fingerprint density at radius 1 is 0.357 bits per heavy atom. The number of benzene rings is 5. The Labute approximate surface area is 232 Å². The van der Waals surface area contributed by atoms with Gasteiger partial charge in [0, 0.05) is 28.0 Å². The van der Waals surface area contributed by atoms with E-state index in [1.54, 1.807) is 60.7 Å². The maximum Gasteiger partial charge on any atom is 0.259 e. The third kappa shape index (κ3) is 4.66. The van der Waals surface area contributed by atoms with Gasteiger partial charge in [0.2, 0.25) is 0 Å². The molecule has 0 spiro atoms. The molecule has 12 heteroatoms. The van der Waals surface area contributed by atoms with E-state index in [2.05, 4.69) is 0 Å². The van der Waals surface area contributed by atoms with E-state index >= 15 is 17.6 Å². The van der Waals surface area contributed by atoms with Crippen LogP contribution in [0.4, 0.5) is 61.0 Å². The van der Waals surface area contributed by atoms with Gasteiger partial charge in [0.25, 0.3) is 6.71 Å². The van der Waals surface area contributed by atoms with Crippen LogP contribution in [0.1, 0.15) is 0 Å². The van der Waals surface area contributed by atoms with Gasteiger partial charge in [-0.15, -0.1) is 0 Å². The van der Waals surface area contributed by atoms with E-state index in [1.165, 1.54) is 23.1 Å². The summed E-state index contributed by atoms with van der Waals surface area (Å²) in [5.41, 5.74) is -3.58. The van der Waals surface area contributed by atoms with Gasteiger partial charge in [-0.05, 0) is 35.8 Å². The van der Waals surface area contributed by atoms with Gasteiger partial charge in [-0.25, -0.2) is 43.9 Å². The van der Waals surface area contributed by atoms with Crippen LogP contribution in [0.15, 0.2) is 84.9 Å². The molecule has 0 saturated carbocycles. The molecule has 0 aliphatic rings. The van der Waals surface area contributed by atoms with Crippen LogP contribution >= 0.6 is 0 Å². The second-order valence-electron chi connectivity index (χ2n) is 8.97. The highest BCUT2D eigenvalue weighted by molar-refractivity contribution is 6.96. The van der Waals surface area contributed by atoms with E-state index in [0.717, 1.165) is 6.07 Å². The minimum Gasteiger partial charge on any atom is -0.311 e. The third-order valence-electron chi connectivity index (χ3n) is 6.58. The summed E-state index contributed by atoms with van der Waals surface area (Å²) < 4.78 is 147. The average Bonchev–Trinajstić information content (AvgIpc) is 3.02. The Morgan fingerprint density at radius 2 is 0.667 bits per heavy atom. The number of anilines is 3. The predicted octanol–water partition coefficient (Wildman–Crippen LogP) is 7.06. The Bertz CT molecular complexity index is 1630.